The molecule has 104 valence electrons. The van der Waals surface area contributed by atoms with Crippen LogP contribution in [0.4, 0.5) is 10.1 Å². The van der Waals surface area contributed by atoms with Crippen LogP contribution in [-0.2, 0) is 0 Å². The van der Waals surface area contributed by atoms with E-state index in [0.717, 1.165) is 18.2 Å². The lowest BCUT2D eigenvalue weighted by molar-refractivity contribution is -0.385. The number of hydrogen-bond acceptors (Lipinski definition) is 4. The summed E-state index contributed by atoms with van der Waals surface area (Å²) in [5.41, 5.74) is -0.560. The first-order chi connectivity index (χ1) is 8.93. The number of non-ortho nitro benzene ring substituents is 1. The Morgan fingerprint density at radius 3 is 2.79 bits per heavy atom. The summed E-state index contributed by atoms with van der Waals surface area (Å²) < 4.78 is 13.2. The number of aliphatic hydroxyl groups excluding tert-OH is 1. The van der Waals surface area contributed by atoms with E-state index in [0.29, 0.717) is 12.8 Å². The van der Waals surface area contributed by atoms with Crippen molar-refractivity contribution < 1.29 is 19.2 Å². The van der Waals surface area contributed by atoms with E-state index in [1.807, 2.05) is 0 Å². The number of rotatable bonds is 6. The van der Waals surface area contributed by atoms with Crippen LogP contribution in [0.3, 0.4) is 0 Å². The smallest absolute Gasteiger partial charge is 0.273 e. The average molecular weight is 270 g/mol. The predicted molar refractivity (Wildman–Crippen MR) is 66.3 cm³/mol. The minimum Gasteiger partial charge on any atom is -0.396 e. The van der Waals surface area contributed by atoms with Gasteiger partial charge in [0.1, 0.15) is 5.82 Å². The molecule has 1 unspecified atom stereocenters. The Labute approximate surface area is 109 Å². The third-order valence-electron chi connectivity index (χ3n) is 2.53. The number of amides is 1. The van der Waals surface area contributed by atoms with Crippen LogP contribution in [0.2, 0.25) is 0 Å². The highest BCUT2D eigenvalue weighted by atomic mass is 19.1. The Bertz CT molecular complexity index is 479. The van der Waals surface area contributed by atoms with Gasteiger partial charge in [0, 0.05) is 24.3 Å². The third kappa shape index (κ3) is 4.63. The zero-order valence-electron chi connectivity index (χ0n) is 10.4. The van der Waals surface area contributed by atoms with E-state index >= 15 is 0 Å². The first-order valence-corrected chi connectivity index (χ1v) is 5.80. The lowest BCUT2D eigenvalue weighted by Crippen LogP contribution is -2.32. The van der Waals surface area contributed by atoms with Crippen LogP contribution in [0, 0.1) is 15.9 Å². The maximum Gasteiger partial charge on any atom is 0.273 e. The van der Waals surface area contributed by atoms with Crippen LogP contribution >= 0.6 is 0 Å². The molecule has 0 aliphatic carbocycles. The van der Waals surface area contributed by atoms with Crippen LogP contribution in [0.5, 0.6) is 0 Å². The number of nitrogens with zero attached hydrogens (tertiary/aromatic N) is 1. The number of benzene rings is 1. The zero-order chi connectivity index (χ0) is 14.4. The van der Waals surface area contributed by atoms with Crippen LogP contribution in [0.25, 0.3) is 0 Å². The Balaban J connectivity index is 2.79. The summed E-state index contributed by atoms with van der Waals surface area (Å²) in [5, 5.41) is 21.8. The summed E-state index contributed by atoms with van der Waals surface area (Å²) in [7, 11) is 0. The highest BCUT2D eigenvalue weighted by Gasteiger charge is 2.16. The van der Waals surface area contributed by atoms with Crippen molar-refractivity contribution in [2.45, 2.75) is 25.8 Å². The number of nitrogens with one attached hydrogen (secondary N) is 1. The van der Waals surface area contributed by atoms with Crippen LogP contribution in [0.1, 0.15) is 30.1 Å². The molecule has 7 heteroatoms. The van der Waals surface area contributed by atoms with E-state index in [1.54, 1.807) is 6.92 Å². The van der Waals surface area contributed by atoms with Gasteiger partial charge in [-0.3, -0.25) is 14.9 Å². The molecule has 2 N–H and O–H groups in total. The molecular weight excluding hydrogens is 255 g/mol. The number of nitro groups is 1. The van der Waals surface area contributed by atoms with E-state index in [4.69, 9.17) is 5.11 Å². The largest absolute Gasteiger partial charge is 0.396 e. The molecule has 0 aromatic heterocycles. The summed E-state index contributed by atoms with van der Waals surface area (Å²) in [4.78, 5) is 21.6. The lowest BCUT2D eigenvalue weighted by Gasteiger charge is -2.13. The van der Waals surface area contributed by atoms with Crippen molar-refractivity contribution in [1.29, 1.82) is 0 Å². The van der Waals surface area contributed by atoms with Gasteiger partial charge in [-0.05, 0) is 25.8 Å². The quantitative estimate of drug-likeness (QED) is 0.607. The van der Waals surface area contributed by atoms with Crippen molar-refractivity contribution in [2.75, 3.05) is 6.61 Å². The summed E-state index contributed by atoms with van der Waals surface area (Å²) in [6, 6.07) is 2.52. The van der Waals surface area contributed by atoms with Gasteiger partial charge in [0.05, 0.1) is 11.0 Å². The second kappa shape index (κ2) is 6.79. The zero-order valence-corrected chi connectivity index (χ0v) is 10.4. The fourth-order valence-electron chi connectivity index (χ4n) is 1.59. The molecule has 0 saturated heterocycles. The van der Waals surface area contributed by atoms with Gasteiger partial charge in [-0.15, -0.1) is 0 Å². The van der Waals surface area contributed by atoms with Crippen molar-refractivity contribution in [2.24, 2.45) is 0 Å². The Hall–Kier alpha value is -2.02. The van der Waals surface area contributed by atoms with Gasteiger partial charge in [-0.2, -0.15) is 0 Å². The number of nitro benzene ring substituents is 1. The molecule has 1 atom stereocenters. The number of carbonyl (C=O) groups is 1. The molecule has 1 aromatic rings. The van der Waals surface area contributed by atoms with E-state index in [-0.39, 0.29) is 18.2 Å². The monoisotopic (exact) mass is 270 g/mol. The number of carbonyl (C=O) groups excluding carboxylic acids is 1. The summed E-state index contributed by atoms with van der Waals surface area (Å²) in [6.07, 6.45) is 1.10. The fourth-order valence-corrected chi connectivity index (χ4v) is 1.59. The van der Waals surface area contributed by atoms with Gasteiger partial charge in [-0.25, -0.2) is 4.39 Å². The minimum atomic E-state index is -0.831. The van der Waals surface area contributed by atoms with Crippen molar-refractivity contribution in [3.8, 4) is 0 Å². The third-order valence-corrected chi connectivity index (χ3v) is 2.53. The van der Waals surface area contributed by atoms with Gasteiger partial charge in [0.25, 0.3) is 11.6 Å². The van der Waals surface area contributed by atoms with Crippen LogP contribution in [-0.4, -0.2) is 28.6 Å². The second-order valence-electron chi connectivity index (χ2n) is 4.20. The molecular formula is C12H15FN2O4. The average Bonchev–Trinajstić information content (AvgIpc) is 2.35. The molecule has 0 aliphatic heterocycles. The van der Waals surface area contributed by atoms with E-state index in [9.17, 15) is 19.3 Å². The lowest BCUT2D eigenvalue weighted by atomic mass is 10.1. The van der Waals surface area contributed by atoms with Crippen molar-refractivity contribution in [3.05, 3.63) is 39.7 Å². The summed E-state index contributed by atoms with van der Waals surface area (Å²) in [5.74, 6) is -1.41. The molecule has 19 heavy (non-hydrogen) atoms. The molecule has 0 heterocycles. The molecule has 0 bridgehead atoms. The Kier molecular flexibility index (Phi) is 5.37. The summed E-state index contributed by atoms with van der Waals surface area (Å²) in [6.45, 7) is 1.76. The molecule has 0 fully saturated rings. The van der Waals surface area contributed by atoms with Gasteiger partial charge < -0.3 is 10.4 Å². The predicted octanol–water partition coefficient (Wildman–Crippen LogP) is 1.62. The Morgan fingerprint density at radius 1 is 1.53 bits per heavy atom. The van der Waals surface area contributed by atoms with Crippen LogP contribution < -0.4 is 5.32 Å². The van der Waals surface area contributed by atoms with Crippen molar-refractivity contribution in [3.63, 3.8) is 0 Å². The Morgan fingerprint density at radius 2 is 2.21 bits per heavy atom. The van der Waals surface area contributed by atoms with Gasteiger partial charge in [0.2, 0.25) is 0 Å². The molecule has 0 aliphatic rings. The molecule has 1 aromatic carbocycles. The number of hydrogen-bond donors (Lipinski definition) is 2. The minimum absolute atomic E-state index is 0.0195. The SMILES string of the molecule is CC(CCCO)NC(=O)c1cc(F)cc([N+](=O)[O-])c1. The highest BCUT2D eigenvalue weighted by Crippen LogP contribution is 2.16. The molecule has 0 spiro atoms. The number of aliphatic hydroxyl groups is 1. The fraction of sp³-hybridized carbons (Fsp3) is 0.417. The normalized spacial score (nSPS) is 11.9. The topological polar surface area (TPSA) is 92.5 Å². The molecule has 6 nitrogen and oxygen atoms in total. The highest BCUT2D eigenvalue weighted by molar-refractivity contribution is 5.95. The van der Waals surface area contributed by atoms with Crippen molar-refractivity contribution in [1.82, 2.24) is 5.32 Å². The van der Waals surface area contributed by atoms with Gasteiger partial charge in [-0.1, -0.05) is 0 Å². The summed E-state index contributed by atoms with van der Waals surface area (Å²) >= 11 is 0. The maximum absolute atomic E-state index is 13.2. The maximum atomic E-state index is 13.2. The van der Waals surface area contributed by atoms with Gasteiger partial charge >= 0.3 is 0 Å². The molecule has 1 rings (SSSR count). The standard InChI is InChI=1S/C12H15FN2O4/c1-8(3-2-4-16)14-12(17)9-5-10(13)7-11(6-9)15(18)19/h5-8,16H,2-4H2,1H3,(H,14,17). The van der Waals surface area contributed by atoms with Crippen molar-refractivity contribution >= 4 is 11.6 Å². The second-order valence-corrected chi connectivity index (χ2v) is 4.20. The number of halogens is 1. The van der Waals surface area contributed by atoms with E-state index < -0.39 is 22.3 Å². The molecule has 1 amide bonds. The van der Waals surface area contributed by atoms with E-state index in [2.05, 4.69) is 5.32 Å². The molecule has 0 radical (unpaired) electrons. The van der Waals surface area contributed by atoms with Crippen LogP contribution in [0.15, 0.2) is 18.2 Å². The first-order valence-electron chi connectivity index (χ1n) is 5.80. The van der Waals surface area contributed by atoms with E-state index in [1.165, 1.54) is 0 Å². The first kappa shape index (κ1) is 15.0. The van der Waals surface area contributed by atoms with Gasteiger partial charge in [0.15, 0.2) is 0 Å². The molecule has 0 saturated carbocycles.